The first-order valence-electron chi connectivity index (χ1n) is 7.12. The predicted molar refractivity (Wildman–Crippen MR) is 93.3 cm³/mol. The second-order valence-electron chi connectivity index (χ2n) is 5.15. The number of sulfonamides is 1. The molecule has 7 nitrogen and oxygen atoms in total. The van der Waals surface area contributed by atoms with Gasteiger partial charge in [0, 0.05) is 29.2 Å². The molecule has 0 fully saturated rings. The smallest absolute Gasteiger partial charge is 0.238 e. The van der Waals surface area contributed by atoms with E-state index in [1.807, 2.05) is 19.9 Å². The zero-order valence-electron chi connectivity index (χ0n) is 13.3. The first kappa shape index (κ1) is 18.4. The van der Waals surface area contributed by atoms with Crippen molar-refractivity contribution in [3.8, 4) is 0 Å². The molecular weight excluding hydrogens is 348 g/mol. The van der Waals surface area contributed by atoms with Crippen molar-refractivity contribution in [3.05, 3.63) is 41.7 Å². The number of amides is 1. The summed E-state index contributed by atoms with van der Waals surface area (Å²) in [5.74, 6) is 0.375. The number of hydrogen-bond donors (Lipinski definition) is 2. The van der Waals surface area contributed by atoms with Crippen LogP contribution in [-0.2, 0) is 14.8 Å². The van der Waals surface area contributed by atoms with Crippen molar-refractivity contribution in [1.29, 1.82) is 0 Å². The zero-order valence-corrected chi connectivity index (χ0v) is 14.9. The van der Waals surface area contributed by atoms with Gasteiger partial charge in [-0.3, -0.25) is 4.79 Å². The van der Waals surface area contributed by atoms with Crippen molar-refractivity contribution in [1.82, 2.24) is 9.97 Å². The van der Waals surface area contributed by atoms with Crippen LogP contribution >= 0.6 is 11.8 Å². The molecule has 24 heavy (non-hydrogen) atoms. The standard InChI is InChI=1S/C15H18N4O3S2/c1-10-9-11(2)18-15(17-10)23-8-7-14(20)19-12-3-5-13(6-4-12)24(16,21)22/h3-6,9H,7-8H2,1-2H3,(H,19,20)(H2,16,21,22). The molecule has 0 unspecified atom stereocenters. The van der Waals surface area contributed by atoms with E-state index < -0.39 is 10.0 Å². The molecule has 0 aliphatic carbocycles. The molecule has 3 N–H and O–H groups in total. The Bertz CT molecular complexity index is 816. The van der Waals surface area contributed by atoms with E-state index in [0.717, 1.165) is 11.4 Å². The van der Waals surface area contributed by atoms with Crippen LogP contribution in [0.5, 0.6) is 0 Å². The number of primary sulfonamides is 1. The molecule has 2 rings (SSSR count). The second kappa shape index (κ2) is 7.73. The Labute approximate surface area is 145 Å². The first-order chi connectivity index (χ1) is 11.2. The Morgan fingerprint density at radius 1 is 1.17 bits per heavy atom. The number of rotatable bonds is 6. The molecule has 0 bridgehead atoms. The minimum Gasteiger partial charge on any atom is -0.326 e. The van der Waals surface area contributed by atoms with Crippen LogP contribution in [0.15, 0.2) is 40.4 Å². The van der Waals surface area contributed by atoms with Gasteiger partial charge in [-0.25, -0.2) is 23.5 Å². The highest BCUT2D eigenvalue weighted by atomic mass is 32.2. The SMILES string of the molecule is Cc1cc(C)nc(SCCC(=O)Nc2ccc(S(N)(=O)=O)cc2)n1. The normalized spacial score (nSPS) is 11.3. The highest BCUT2D eigenvalue weighted by Crippen LogP contribution is 2.16. The van der Waals surface area contributed by atoms with Crippen molar-refractivity contribution in [3.63, 3.8) is 0 Å². The van der Waals surface area contributed by atoms with Crippen molar-refractivity contribution >= 4 is 33.4 Å². The molecule has 0 aliphatic rings. The van der Waals surface area contributed by atoms with Gasteiger partial charge in [0.25, 0.3) is 0 Å². The lowest BCUT2D eigenvalue weighted by atomic mass is 10.3. The van der Waals surface area contributed by atoms with Gasteiger partial charge in [0.2, 0.25) is 15.9 Å². The third-order valence-electron chi connectivity index (χ3n) is 2.99. The lowest BCUT2D eigenvalue weighted by Crippen LogP contribution is -2.14. The molecule has 0 atom stereocenters. The number of benzene rings is 1. The number of nitrogens with one attached hydrogen (secondary N) is 1. The van der Waals surface area contributed by atoms with Crippen LogP contribution in [0.4, 0.5) is 5.69 Å². The van der Waals surface area contributed by atoms with Crippen molar-refractivity contribution in [2.24, 2.45) is 5.14 Å². The van der Waals surface area contributed by atoms with Gasteiger partial charge < -0.3 is 5.32 Å². The monoisotopic (exact) mass is 366 g/mol. The zero-order chi connectivity index (χ0) is 17.7. The maximum Gasteiger partial charge on any atom is 0.238 e. The lowest BCUT2D eigenvalue weighted by Gasteiger charge is -2.06. The molecule has 9 heteroatoms. The third-order valence-corrected chi connectivity index (χ3v) is 4.77. The number of carbonyl (C=O) groups excluding carboxylic acids is 1. The van der Waals surface area contributed by atoms with Crippen molar-refractivity contribution < 1.29 is 13.2 Å². The molecule has 1 aromatic carbocycles. The topological polar surface area (TPSA) is 115 Å². The molecule has 0 saturated carbocycles. The van der Waals surface area contributed by atoms with Crippen LogP contribution < -0.4 is 10.5 Å². The molecule has 1 heterocycles. The van der Waals surface area contributed by atoms with E-state index in [9.17, 15) is 13.2 Å². The number of nitrogens with zero attached hydrogens (tertiary/aromatic N) is 2. The molecular formula is C15H18N4O3S2. The second-order valence-corrected chi connectivity index (χ2v) is 7.77. The minimum atomic E-state index is -3.73. The summed E-state index contributed by atoms with van der Waals surface area (Å²) in [5.41, 5.74) is 2.30. The Hall–Kier alpha value is -1.97. The van der Waals surface area contributed by atoms with Crippen LogP contribution in [0.25, 0.3) is 0 Å². The summed E-state index contributed by atoms with van der Waals surface area (Å²) in [6.07, 6.45) is 0.290. The van der Waals surface area contributed by atoms with E-state index >= 15 is 0 Å². The van der Waals surface area contributed by atoms with Crippen LogP contribution in [0.3, 0.4) is 0 Å². The number of aromatic nitrogens is 2. The summed E-state index contributed by atoms with van der Waals surface area (Å²) in [5, 5.41) is 8.37. The average Bonchev–Trinajstić information content (AvgIpc) is 2.45. The van der Waals surface area contributed by atoms with E-state index in [4.69, 9.17) is 5.14 Å². The molecule has 1 aromatic heterocycles. The maximum absolute atomic E-state index is 11.9. The van der Waals surface area contributed by atoms with Gasteiger partial charge in [-0.2, -0.15) is 0 Å². The Morgan fingerprint density at radius 3 is 2.29 bits per heavy atom. The van der Waals surface area contributed by atoms with Gasteiger partial charge >= 0.3 is 0 Å². The molecule has 0 saturated heterocycles. The Morgan fingerprint density at radius 2 is 1.75 bits per heavy atom. The molecule has 0 spiro atoms. The highest BCUT2D eigenvalue weighted by Gasteiger charge is 2.08. The van der Waals surface area contributed by atoms with Gasteiger partial charge in [-0.1, -0.05) is 11.8 Å². The van der Waals surface area contributed by atoms with E-state index in [-0.39, 0.29) is 17.2 Å². The largest absolute Gasteiger partial charge is 0.326 e. The van der Waals surface area contributed by atoms with E-state index in [1.54, 1.807) is 0 Å². The Balaban J connectivity index is 1.85. The number of hydrogen-bond acceptors (Lipinski definition) is 6. The van der Waals surface area contributed by atoms with E-state index in [0.29, 0.717) is 16.6 Å². The van der Waals surface area contributed by atoms with Gasteiger partial charge in [0.05, 0.1) is 4.90 Å². The average molecular weight is 366 g/mol. The summed E-state index contributed by atoms with van der Waals surface area (Å²) in [6, 6.07) is 7.59. The van der Waals surface area contributed by atoms with Crippen LogP contribution in [0.1, 0.15) is 17.8 Å². The van der Waals surface area contributed by atoms with Gasteiger partial charge in [0.1, 0.15) is 0 Å². The predicted octanol–water partition coefficient (Wildman–Crippen LogP) is 1.86. The number of anilines is 1. The molecule has 0 aliphatic heterocycles. The first-order valence-corrected chi connectivity index (χ1v) is 9.65. The summed E-state index contributed by atoms with van der Waals surface area (Å²) >= 11 is 1.41. The van der Waals surface area contributed by atoms with Gasteiger partial charge in [-0.15, -0.1) is 0 Å². The van der Waals surface area contributed by atoms with Gasteiger partial charge in [0.15, 0.2) is 5.16 Å². The van der Waals surface area contributed by atoms with Crippen LogP contribution in [-0.4, -0.2) is 30.0 Å². The quantitative estimate of drug-likeness (QED) is 0.596. The van der Waals surface area contributed by atoms with Gasteiger partial charge in [-0.05, 0) is 44.2 Å². The molecule has 0 radical (unpaired) electrons. The molecule has 1 amide bonds. The van der Waals surface area contributed by atoms with Crippen LogP contribution in [0, 0.1) is 13.8 Å². The lowest BCUT2D eigenvalue weighted by molar-refractivity contribution is -0.115. The van der Waals surface area contributed by atoms with Crippen molar-refractivity contribution in [2.75, 3.05) is 11.1 Å². The third kappa shape index (κ3) is 5.59. The number of nitrogens with two attached hydrogens (primary N) is 1. The maximum atomic E-state index is 11.9. The number of aryl methyl sites for hydroxylation is 2. The number of carbonyl (C=O) groups is 1. The number of thioether (sulfide) groups is 1. The van der Waals surface area contributed by atoms with E-state index in [1.165, 1.54) is 36.0 Å². The summed E-state index contributed by atoms with van der Waals surface area (Å²) in [7, 11) is -3.73. The Kier molecular flexibility index (Phi) is 5.92. The fourth-order valence-electron chi connectivity index (χ4n) is 1.94. The van der Waals surface area contributed by atoms with Crippen LogP contribution in [0.2, 0.25) is 0 Å². The fraction of sp³-hybridized carbons (Fsp3) is 0.267. The van der Waals surface area contributed by atoms with E-state index in [2.05, 4.69) is 15.3 Å². The minimum absolute atomic E-state index is 0.00280. The summed E-state index contributed by atoms with van der Waals surface area (Å²) < 4.78 is 22.3. The van der Waals surface area contributed by atoms with Crippen molar-refractivity contribution in [2.45, 2.75) is 30.3 Å². The summed E-state index contributed by atoms with van der Waals surface area (Å²) in [4.78, 5) is 20.5. The highest BCUT2D eigenvalue weighted by molar-refractivity contribution is 7.99. The summed E-state index contributed by atoms with van der Waals surface area (Å²) in [6.45, 7) is 3.80. The fourth-order valence-corrected chi connectivity index (χ4v) is 3.35. The molecule has 128 valence electrons. The molecule has 2 aromatic rings.